The minimum atomic E-state index is -1.42. The molecule has 0 atom stereocenters. The van der Waals surface area contributed by atoms with Crippen LogP contribution in [0.3, 0.4) is 0 Å². The molecular formula is C16H19NO7. The summed E-state index contributed by atoms with van der Waals surface area (Å²) in [6, 6.07) is 1.10. The molecule has 130 valence electrons. The van der Waals surface area contributed by atoms with Crippen molar-refractivity contribution >= 4 is 17.4 Å². The van der Waals surface area contributed by atoms with Crippen molar-refractivity contribution in [2.75, 3.05) is 14.2 Å². The van der Waals surface area contributed by atoms with Gasteiger partial charge in [-0.3, -0.25) is 14.9 Å². The monoisotopic (exact) mass is 337 g/mol. The van der Waals surface area contributed by atoms with Crippen molar-refractivity contribution in [3.05, 3.63) is 27.3 Å². The number of benzene rings is 1. The number of Topliss-reactive ketones (excluding diaryl/α,β-unsaturated/α-hetero) is 1. The summed E-state index contributed by atoms with van der Waals surface area (Å²) in [5.41, 5.74) is -1.49. The highest BCUT2D eigenvalue weighted by atomic mass is 16.6. The molecule has 0 radical (unpaired) electrons. The third-order valence-electron chi connectivity index (χ3n) is 4.28. The topological polar surface area (TPSA) is 116 Å². The van der Waals surface area contributed by atoms with Gasteiger partial charge in [-0.05, 0) is 18.9 Å². The van der Waals surface area contributed by atoms with E-state index in [4.69, 9.17) is 9.47 Å². The zero-order valence-corrected chi connectivity index (χ0v) is 13.5. The quantitative estimate of drug-likeness (QED) is 0.481. The molecule has 1 fully saturated rings. The van der Waals surface area contributed by atoms with Crippen molar-refractivity contribution in [1.29, 1.82) is 0 Å². The minimum Gasteiger partial charge on any atom is -0.493 e. The molecule has 1 N–H and O–H groups in total. The average molecular weight is 337 g/mol. The van der Waals surface area contributed by atoms with E-state index in [0.717, 1.165) is 25.3 Å². The SMILES string of the molecule is COc1cc(C(=O)O)c(C(=O)C2CCCCC2)c([N+](=O)[O-])c1OC. The van der Waals surface area contributed by atoms with Gasteiger partial charge in [0, 0.05) is 5.92 Å². The van der Waals surface area contributed by atoms with Crippen LogP contribution in [0.5, 0.6) is 11.5 Å². The van der Waals surface area contributed by atoms with Crippen LogP contribution < -0.4 is 9.47 Å². The van der Waals surface area contributed by atoms with Crippen LogP contribution in [0.15, 0.2) is 6.07 Å². The Kier molecular flexibility index (Phi) is 5.38. The largest absolute Gasteiger partial charge is 0.493 e. The second-order valence-electron chi connectivity index (χ2n) is 5.64. The fourth-order valence-corrected chi connectivity index (χ4v) is 3.14. The van der Waals surface area contributed by atoms with Crippen LogP contribution in [0.25, 0.3) is 0 Å². The first-order valence-electron chi connectivity index (χ1n) is 7.63. The molecule has 0 aromatic heterocycles. The normalized spacial score (nSPS) is 14.9. The maximum Gasteiger partial charge on any atom is 0.336 e. The highest BCUT2D eigenvalue weighted by molar-refractivity contribution is 6.11. The lowest BCUT2D eigenvalue weighted by Crippen LogP contribution is -2.22. The number of rotatable bonds is 6. The van der Waals surface area contributed by atoms with Crippen LogP contribution in [-0.4, -0.2) is 36.0 Å². The van der Waals surface area contributed by atoms with Crippen molar-refractivity contribution in [3.63, 3.8) is 0 Å². The van der Waals surface area contributed by atoms with Gasteiger partial charge >= 0.3 is 11.7 Å². The van der Waals surface area contributed by atoms with Crippen LogP contribution in [0.1, 0.15) is 52.8 Å². The van der Waals surface area contributed by atoms with Crippen LogP contribution in [0.2, 0.25) is 0 Å². The van der Waals surface area contributed by atoms with Crippen LogP contribution in [0, 0.1) is 16.0 Å². The Morgan fingerprint density at radius 2 is 1.83 bits per heavy atom. The van der Waals surface area contributed by atoms with Gasteiger partial charge in [-0.2, -0.15) is 0 Å². The van der Waals surface area contributed by atoms with Crippen molar-refractivity contribution < 1.29 is 29.1 Å². The van der Waals surface area contributed by atoms with E-state index in [9.17, 15) is 24.8 Å². The van der Waals surface area contributed by atoms with E-state index in [1.165, 1.54) is 14.2 Å². The molecular weight excluding hydrogens is 318 g/mol. The number of carboxylic acid groups (broad SMARTS) is 1. The Morgan fingerprint density at radius 1 is 1.21 bits per heavy atom. The molecule has 8 nitrogen and oxygen atoms in total. The van der Waals surface area contributed by atoms with Gasteiger partial charge in [0.2, 0.25) is 5.75 Å². The van der Waals surface area contributed by atoms with Crippen molar-refractivity contribution in [1.82, 2.24) is 0 Å². The summed E-state index contributed by atoms with van der Waals surface area (Å²) in [6.07, 6.45) is 3.90. The molecule has 1 aliphatic rings. The number of ether oxygens (including phenoxy) is 2. The molecule has 1 aromatic carbocycles. The lowest BCUT2D eigenvalue weighted by molar-refractivity contribution is -0.386. The molecule has 0 saturated heterocycles. The third-order valence-corrected chi connectivity index (χ3v) is 4.28. The van der Waals surface area contributed by atoms with Crippen LogP contribution >= 0.6 is 0 Å². The second kappa shape index (κ2) is 7.29. The molecule has 0 heterocycles. The molecule has 2 rings (SSSR count). The third kappa shape index (κ3) is 3.17. The van der Waals surface area contributed by atoms with Gasteiger partial charge in [0.05, 0.1) is 24.7 Å². The molecule has 0 amide bonds. The number of hydrogen-bond donors (Lipinski definition) is 1. The van der Waals surface area contributed by atoms with Crippen LogP contribution in [0.4, 0.5) is 5.69 Å². The highest BCUT2D eigenvalue weighted by Gasteiger charge is 2.37. The Hall–Kier alpha value is -2.64. The molecule has 0 spiro atoms. The summed E-state index contributed by atoms with van der Waals surface area (Å²) in [4.78, 5) is 35.2. The summed E-state index contributed by atoms with van der Waals surface area (Å²) >= 11 is 0. The van der Waals surface area contributed by atoms with E-state index in [2.05, 4.69) is 0 Å². The van der Waals surface area contributed by atoms with E-state index in [-0.39, 0.29) is 11.5 Å². The molecule has 8 heteroatoms. The van der Waals surface area contributed by atoms with E-state index in [1.54, 1.807) is 0 Å². The van der Waals surface area contributed by atoms with Gasteiger partial charge in [-0.1, -0.05) is 19.3 Å². The van der Waals surface area contributed by atoms with Crippen molar-refractivity contribution in [3.8, 4) is 11.5 Å². The number of hydrogen-bond acceptors (Lipinski definition) is 6. The Bertz CT molecular complexity index is 677. The molecule has 24 heavy (non-hydrogen) atoms. The van der Waals surface area contributed by atoms with Gasteiger partial charge in [0.1, 0.15) is 5.56 Å². The summed E-state index contributed by atoms with van der Waals surface area (Å²) in [5.74, 6) is -2.68. The number of methoxy groups -OCH3 is 2. The fraction of sp³-hybridized carbons (Fsp3) is 0.500. The van der Waals surface area contributed by atoms with E-state index >= 15 is 0 Å². The first kappa shape index (κ1) is 17.7. The lowest BCUT2D eigenvalue weighted by atomic mass is 9.82. The van der Waals surface area contributed by atoms with Crippen molar-refractivity contribution in [2.24, 2.45) is 5.92 Å². The van der Waals surface area contributed by atoms with E-state index in [1.807, 2.05) is 0 Å². The maximum atomic E-state index is 12.9. The lowest BCUT2D eigenvalue weighted by Gasteiger charge is -2.21. The summed E-state index contributed by atoms with van der Waals surface area (Å²) in [5, 5.41) is 21.0. The minimum absolute atomic E-state index is 0.0956. The predicted octanol–water partition coefficient (Wildman–Crippen LogP) is 3.07. The van der Waals surface area contributed by atoms with Gasteiger partial charge in [0.25, 0.3) is 0 Å². The Labute approximate surface area is 138 Å². The predicted molar refractivity (Wildman–Crippen MR) is 84.1 cm³/mol. The van der Waals surface area contributed by atoms with Gasteiger partial charge in [-0.25, -0.2) is 4.79 Å². The molecule has 1 aliphatic carbocycles. The number of nitro benzene ring substituents is 1. The molecule has 1 saturated carbocycles. The smallest absolute Gasteiger partial charge is 0.336 e. The summed E-state index contributed by atoms with van der Waals surface area (Å²) < 4.78 is 10.0. The molecule has 1 aromatic rings. The van der Waals surface area contributed by atoms with E-state index < -0.39 is 39.4 Å². The Balaban J connectivity index is 2.72. The zero-order valence-electron chi connectivity index (χ0n) is 13.5. The Morgan fingerprint density at radius 3 is 2.29 bits per heavy atom. The number of carbonyl (C=O) groups excluding carboxylic acids is 1. The number of carboxylic acids is 1. The van der Waals surface area contributed by atoms with Gasteiger partial charge < -0.3 is 14.6 Å². The summed E-state index contributed by atoms with van der Waals surface area (Å²) in [6.45, 7) is 0. The van der Waals surface area contributed by atoms with Crippen LogP contribution in [-0.2, 0) is 0 Å². The van der Waals surface area contributed by atoms with Gasteiger partial charge in [-0.15, -0.1) is 0 Å². The molecule has 0 unspecified atom stereocenters. The zero-order chi connectivity index (χ0) is 17.9. The number of ketones is 1. The highest BCUT2D eigenvalue weighted by Crippen LogP contribution is 2.43. The fourth-order valence-electron chi connectivity index (χ4n) is 3.14. The summed E-state index contributed by atoms with van der Waals surface area (Å²) in [7, 11) is 2.45. The molecule has 0 bridgehead atoms. The number of nitro groups is 1. The standard InChI is InChI=1S/C16H19NO7/c1-23-11-8-10(16(19)20)12(13(17(21)22)15(11)24-2)14(18)9-6-4-3-5-7-9/h8-9H,3-7H2,1-2H3,(H,19,20). The maximum absolute atomic E-state index is 12.9. The first-order valence-corrected chi connectivity index (χ1v) is 7.63. The van der Waals surface area contributed by atoms with Gasteiger partial charge in [0.15, 0.2) is 11.5 Å². The first-order chi connectivity index (χ1) is 11.4. The number of aromatic carboxylic acids is 1. The molecule has 0 aliphatic heterocycles. The second-order valence-corrected chi connectivity index (χ2v) is 5.64. The average Bonchev–Trinajstić information content (AvgIpc) is 2.59. The van der Waals surface area contributed by atoms with E-state index in [0.29, 0.717) is 12.8 Å². The number of carbonyl (C=O) groups is 2. The number of nitrogens with zero attached hydrogens (tertiary/aromatic N) is 1. The van der Waals surface area contributed by atoms with Crippen molar-refractivity contribution in [2.45, 2.75) is 32.1 Å².